The molecular formula is C16H21FN2O2. The van der Waals surface area contributed by atoms with Gasteiger partial charge in [0, 0.05) is 6.54 Å². The number of hydrogen-bond acceptors (Lipinski definition) is 4. The van der Waals surface area contributed by atoms with Crippen LogP contribution in [-0.2, 0) is 0 Å². The standard InChI is InChI=1S/C16H21FN2O2/c1-12-4-6-19(7-5-12)10-14(20)11-21-16-3-2-13(9-18)8-15(16)17/h2-3,8,12,14,20H,4-7,10-11H2,1H3. The van der Waals surface area contributed by atoms with Crippen LogP contribution >= 0.6 is 0 Å². The first-order valence-electron chi connectivity index (χ1n) is 7.31. The molecular weight excluding hydrogens is 271 g/mol. The molecule has 114 valence electrons. The average molecular weight is 292 g/mol. The van der Waals surface area contributed by atoms with Crippen molar-refractivity contribution in [2.75, 3.05) is 26.2 Å². The van der Waals surface area contributed by atoms with Crippen LogP contribution < -0.4 is 4.74 Å². The number of aliphatic hydroxyl groups is 1. The molecule has 1 fully saturated rings. The van der Waals surface area contributed by atoms with Crippen molar-refractivity contribution in [1.29, 1.82) is 5.26 Å². The predicted octanol–water partition coefficient (Wildman–Crippen LogP) is 2.17. The van der Waals surface area contributed by atoms with Crippen molar-refractivity contribution in [3.8, 4) is 11.8 Å². The maximum atomic E-state index is 13.6. The van der Waals surface area contributed by atoms with E-state index in [4.69, 9.17) is 10.00 Å². The van der Waals surface area contributed by atoms with Crippen LogP contribution in [0.15, 0.2) is 18.2 Å². The lowest BCUT2D eigenvalue weighted by atomic mass is 9.99. The third-order valence-corrected chi connectivity index (χ3v) is 3.84. The van der Waals surface area contributed by atoms with Crippen molar-refractivity contribution in [2.24, 2.45) is 5.92 Å². The van der Waals surface area contributed by atoms with Crippen molar-refractivity contribution < 1.29 is 14.2 Å². The van der Waals surface area contributed by atoms with Gasteiger partial charge in [0.1, 0.15) is 12.7 Å². The van der Waals surface area contributed by atoms with E-state index in [2.05, 4.69) is 11.8 Å². The predicted molar refractivity (Wildman–Crippen MR) is 77.5 cm³/mol. The van der Waals surface area contributed by atoms with Crippen LogP contribution in [0.4, 0.5) is 4.39 Å². The van der Waals surface area contributed by atoms with Gasteiger partial charge in [0.05, 0.1) is 11.6 Å². The van der Waals surface area contributed by atoms with Crippen molar-refractivity contribution in [3.63, 3.8) is 0 Å². The lowest BCUT2D eigenvalue weighted by Gasteiger charge is -2.31. The molecule has 4 nitrogen and oxygen atoms in total. The summed E-state index contributed by atoms with van der Waals surface area (Å²) < 4.78 is 18.9. The molecule has 1 aliphatic rings. The summed E-state index contributed by atoms with van der Waals surface area (Å²) in [7, 11) is 0. The van der Waals surface area contributed by atoms with Gasteiger partial charge in [-0.15, -0.1) is 0 Å². The lowest BCUT2D eigenvalue weighted by molar-refractivity contribution is 0.0551. The Kier molecular flexibility index (Phi) is 5.54. The second kappa shape index (κ2) is 7.39. The zero-order valence-electron chi connectivity index (χ0n) is 12.3. The molecule has 1 saturated heterocycles. The first-order chi connectivity index (χ1) is 10.1. The van der Waals surface area contributed by atoms with Gasteiger partial charge in [-0.2, -0.15) is 5.26 Å². The SMILES string of the molecule is CC1CCN(CC(O)COc2ccc(C#N)cc2F)CC1. The van der Waals surface area contributed by atoms with Gasteiger partial charge in [-0.05, 0) is 50.0 Å². The number of aliphatic hydroxyl groups excluding tert-OH is 1. The topological polar surface area (TPSA) is 56.5 Å². The molecule has 21 heavy (non-hydrogen) atoms. The van der Waals surface area contributed by atoms with Crippen molar-refractivity contribution in [2.45, 2.75) is 25.9 Å². The molecule has 0 spiro atoms. The van der Waals surface area contributed by atoms with Gasteiger partial charge in [-0.1, -0.05) is 6.92 Å². The summed E-state index contributed by atoms with van der Waals surface area (Å²) in [5.74, 6) is 0.246. The molecule has 0 bridgehead atoms. The highest BCUT2D eigenvalue weighted by molar-refractivity contribution is 5.35. The third kappa shape index (κ3) is 4.69. The summed E-state index contributed by atoms with van der Waals surface area (Å²) in [6.07, 6.45) is 1.66. The summed E-state index contributed by atoms with van der Waals surface area (Å²) >= 11 is 0. The van der Waals surface area contributed by atoms with E-state index >= 15 is 0 Å². The number of ether oxygens (including phenoxy) is 1. The van der Waals surface area contributed by atoms with E-state index in [0.717, 1.165) is 37.9 Å². The summed E-state index contributed by atoms with van der Waals surface area (Å²) in [5.41, 5.74) is 0.253. The molecule has 1 aliphatic heterocycles. The molecule has 1 atom stereocenters. The lowest BCUT2D eigenvalue weighted by Crippen LogP contribution is -2.40. The van der Waals surface area contributed by atoms with Gasteiger partial charge < -0.3 is 14.7 Å². The van der Waals surface area contributed by atoms with E-state index in [1.54, 1.807) is 0 Å². The number of benzene rings is 1. The Labute approximate surface area is 124 Å². The molecule has 0 aliphatic carbocycles. The highest BCUT2D eigenvalue weighted by Crippen LogP contribution is 2.19. The minimum atomic E-state index is -0.645. The molecule has 0 aromatic heterocycles. The maximum absolute atomic E-state index is 13.6. The highest BCUT2D eigenvalue weighted by atomic mass is 19.1. The van der Waals surface area contributed by atoms with Gasteiger partial charge in [0.15, 0.2) is 11.6 Å². The van der Waals surface area contributed by atoms with Crippen LogP contribution in [0.25, 0.3) is 0 Å². The minimum absolute atomic E-state index is 0.0505. The van der Waals surface area contributed by atoms with Crippen molar-refractivity contribution in [3.05, 3.63) is 29.6 Å². The Morgan fingerprint density at radius 1 is 1.48 bits per heavy atom. The van der Waals surface area contributed by atoms with E-state index in [0.29, 0.717) is 6.54 Å². The number of β-amino-alcohol motifs (C(OH)–C–C–N with tert-alkyl or cyclic N) is 1. The Balaban J connectivity index is 1.78. The highest BCUT2D eigenvalue weighted by Gasteiger charge is 2.18. The summed E-state index contributed by atoms with van der Waals surface area (Å²) in [4.78, 5) is 2.21. The second-order valence-electron chi connectivity index (χ2n) is 5.70. The largest absolute Gasteiger partial charge is 0.488 e. The van der Waals surface area contributed by atoms with E-state index < -0.39 is 11.9 Å². The summed E-state index contributed by atoms with van der Waals surface area (Å²) in [6, 6.07) is 5.92. The normalized spacial score (nSPS) is 18.2. The molecule has 0 amide bonds. The summed E-state index contributed by atoms with van der Waals surface area (Å²) in [5, 5.41) is 18.6. The van der Waals surface area contributed by atoms with Gasteiger partial charge in [-0.3, -0.25) is 0 Å². The van der Waals surface area contributed by atoms with Gasteiger partial charge in [0.25, 0.3) is 0 Å². The Bertz CT molecular complexity index is 507. The number of hydrogen-bond donors (Lipinski definition) is 1. The molecule has 2 rings (SSSR count). The van der Waals surface area contributed by atoms with Crippen LogP contribution in [0.1, 0.15) is 25.3 Å². The molecule has 1 unspecified atom stereocenters. The average Bonchev–Trinajstić information content (AvgIpc) is 2.48. The number of piperidine rings is 1. The third-order valence-electron chi connectivity index (χ3n) is 3.84. The van der Waals surface area contributed by atoms with Crippen molar-refractivity contribution >= 4 is 0 Å². The maximum Gasteiger partial charge on any atom is 0.166 e. The Morgan fingerprint density at radius 2 is 2.19 bits per heavy atom. The number of rotatable bonds is 5. The monoisotopic (exact) mass is 292 g/mol. The van der Waals surface area contributed by atoms with Gasteiger partial charge in [0.2, 0.25) is 0 Å². The van der Waals surface area contributed by atoms with Crippen LogP contribution in [0.2, 0.25) is 0 Å². The van der Waals surface area contributed by atoms with E-state index in [1.807, 2.05) is 6.07 Å². The Hall–Kier alpha value is -1.64. The van der Waals surface area contributed by atoms with E-state index in [-0.39, 0.29) is 17.9 Å². The fraction of sp³-hybridized carbons (Fsp3) is 0.562. The minimum Gasteiger partial charge on any atom is -0.488 e. The first-order valence-corrected chi connectivity index (χ1v) is 7.31. The van der Waals surface area contributed by atoms with Crippen LogP contribution in [0, 0.1) is 23.1 Å². The molecule has 1 aromatic carbocycles. The molecule has 1 heterocycles. The zero-order valence-corrected chi connectivity index (χ0v) is 12.3. The first kappa shape index (κ1) is 15.7. The zero-order chi connectivity index (χ0) is 15.2. The summed E-state index contributed by atoms with van der Waals surface area (Å²) in [6.45, 7) is 4.82. The molecule has 1 aromatic rings. The Morgan fingerprint density at radius 3 is 2.81 bits per heavy atom. The second-order valence-corrected chi connectivity index (χ2v) is 5.70. The smallest absolute Gasteiger partial charge is 0.166 e. The fourth-order valence-corrected chi connectivity index (χ4v) is 2.47. The number of likely N-dealkylation sites (tertiary alicyclic amines) is 1. The van der Waals surface area contributed by atoms with Crippen LogP contribution in [0.5, 0.6) is 5.75 Å². The molecule has 5 heteroatoms. The van der Waals surface area contributed by atoms with Crippen LogP contribution in [-0.4, -0.2) is 42.4 Å². The number of nitriles is 1. The number of halogens is 1. The van der Waals surface area contributed by atoms with Crippen LogP contribution in [0.3, 0.4) is 0 Å². The van der Waals surface area contributed by atoms with Crippen molar-refractivity contribution in [1.82, 2.24) is 4.90 Å². The van der Waals surface area contributed by atoms with E-state index in [1.165, 1.54) is 12.1 Å². The molecule has 0 radical (unpaired) electrons. The fourth-order valence-electron chi connectivity index (χ4n) is 2.47. The van der Waals surface area contributed by atoms with Gasteiger partial charge in [-0.25, -0.2) is 4.39 Å². The quantitative estimate of drug-likeness (QED) is 0.903. The van der Waals surface area contributed by atoms with E-state index in [9.17, 15) is 9.50 Å². The molecule has 0 saturated carbocycles. The number of nitrogens with zero attached hydrogens (tertiary/aromatic N) is 2. The van der Waals surface area contributed by atoms with Gasteiger partial charge >= 0.3 is 0 Å². The molecule has 1 N–H and O–H groups in total.